The standard InChI is InChI=1S/C24H19N3O4S/c1-32(30,31)22-11-8-17(9-12-22)23-19(16-27(26-23)21-5-3-2-4-6-21)7-10-20-15-18(24(28)29)13-14-25-20/h2-16H,1H3,(H,28,29)/b10-7+. The van der Waals surface area contributed by atoms with Crippen LogP contribution in [0.3, 0.4) is 0 Å². The van der Waals surface area contributed by atoms with Gasteiger partial charge in [-0.1, -0.05) is 30.3 Å². The summed E-state index contributed by atoms with van der Waals surface area (Å²) in [6, 6.07) is 19.0. The molecule has 2 heterocycles. The molecule has 2 aromatic heterocycles. The Kier molecular flexibility index (Phi) is 5.70. The number of aromatic nitrogens is 3. The van der Waals surface area contributed by atoms with E-state index in [4.69, 9.17) is 5.10 Å². The highest BCUT2D eigenvalue weighted by Gasteiger charge is 2.13. The molecule has 0 atom stereocenters. The van der Waals surface area contributed by atoms with Gasteiger partial charge in [-0.15, -0.1) is 0 Å². The number of pyridine rings is 1. The van der Waals surface area contributed by atoms with Crippen molar-refractivity contribution in [3.63, 3.8) is 0 Å². The first-order valence-electron chi connectivity index (χ1n) is 9.64. The number of carbonyl (C=O) groups is 1. The Hall–Kier alpha value is -4.04. The van der Waals surface area contributed by atoms with E-state index in [2.05, 4.69) is 4.98 Å². The third kappa shape index (κ3) is 4.65. The van der Waals surface area contributed by atoms with E-state index in [0.29, 0.717) is 11.4 Å². The molecule has 7 nitrogen and oxygen atoms in total. The fourth-order valence-electron chi connectivity index (χ4n) is 3.15. The quantitative estimate of drug-likeness (QED) is 0.477. The minimum atomic E-state index is -3.30. The van der Waals surface area contributed by atoms with E-state index in [9.17, 15) is 18.3 Å². The van der Waals surface area contributed by atoms with Crippen molar-refractivity contribution >= 4 is 28.0 Å². The van der Waals surface area contributed by atoms with Gasteiger partial charge in [-0.05, 0) is 48.6 Å². The number of carboxylic acid groups (broad SMARTS) is 1. The van der Waals surface area contributed by atoms with Crippen molar-refractivity contribution in [1.29, 1.82) is 0 Å². The summed E-state index contributed by atoms with van der Waals surface area (Å²) in [4.78, 5) is 15.6. The lowest BCUT2D eigenvalue weighted by atomic mass is 10.1. The van der Waals surface area contributed by atoms with Crippen LogP contribution < -0.4 is 0 Å². The minimum absolute atomic E-state index is 0.149. The van der Waals surface area contributed by atoms with E-state index in [-0.39, 0.29) is 10.5 Å². The van der Waals surface area contributed by atoms with Gasteiger partial charge in [0.2, 0.25) is 0 Å². The molecule has 8 heteroatoms. The topological polar surface area (TPSA) is 102 Å². The molecule has 0 aliphatic rings. The number of carboxylic acids is 1. The summed E-state index contributed by atoms with van der Waals surface area (Å²) in [5.74, 6) is -1.02. The first-order valence-corrected chi connectivity index (χ1v) is 11.5. The van der Waals surface area contributed by atoms with Crippen molar-refractivity contribution in [2.75, 3.05) is 6.26 Å². The molecule has 0 bridgehead atoms. The van der Waals surface area contributed by atoms with E-state index >= 15 is 0 Å². The highest BCUT2D eigenvalue weighted by molar-refractivity contribution is 7.90. The zero-order valence-corrected chi connectivity index (χ0v) is 17.9. The Balaban J connectivity index is 1.77. The van der Waals surface area contributed by atoms with Gasteiger partial charge in [-0.2, -0.15) is 5.10 Å². The molecule has 0 fully saturated rings. The van der Waals surface area contributed by atoms with Gasteiger partial charge in [0.15, 0.2) is 9.84 Å². The molecule has 0 radical (unpaired) electrons. The van der Waals surface area contributed by atoms with Crippen molar-refractivity contribution in [2.45, 2.75) is 4.90 Å². The zero-order chi connectivity index (χ0) is 22.7. The van der Waals surface area contributed by atoms with Crippen molar-refractivity contribution in [3.05, 3.63) is 95.9 Å². The fourth-order valence-corrected chi connectivity index (χ4v) is 3.78. The molecule has 160 valence electrons. The molecule has 0 aliphatic carbocycles. The van der Waals surface area contributed by atoms with Gasteiger partial charge < -0.3 is 5.11 Å². The number of benzene rings is 2. The van der Waals surface area contributed by atoms with Crippen LogP contribution in [0, 0.1) is 0 Å². The number of hydrogen-bond acceptors (Lipinski definition) is 5. The maximum atomic E-state index is 11.8. The van der Waals surface area contributed by atoms with Crippen LogP contribution in [0.4, 0.5) is 0 Å². The Bertz CT molecular complexity index is 1410. The van der Waals surface area contributed by atoms with Gasteiger partial charge in [0, 0.05) is 29.8 Å². The lowest BCUT2D eigenvalue weighted by molar-refractivity contribution is 0.0696. The van der Waals surface area contributed by atoms with E-state index in [1.54, 1.807) is 41.1 Å². The second-order valence-electron chi connectivity index (χ2n) is 7.12. The molecular weight excluding hydrogens is 426 g/mol. The first-order chi connectivity index (χ1) is 15.3. The molecule has 1 N–H and O–H groups in total. The van der Waals surface area contributed by atoms with Gasteiger partial charge in [0.05, 0.1) is 27.5 Å². The summed E-state index contributed by atoms with van der Waals surface area (Å²) in [5, 5.41) is 13.9. The van der Waals surface area contributed by atoms with E-state index < -0.39 is 15.8 Å². The normalized spacial score (nSPS) is 11.7. The zero-order valence-electron chi connectivity index (χ0n) is 17.1. The van der Waals surface area contributed by atoms with Crippen LogP contribution in [0.15, 0.2) is 84.0 Å². The highest BCUT2D eigenvalue weighted by atomic mass is 32.2. The number of rotatable bonds is 6. The number of hydrogen-bond donors (Lipinski definition) is 1. The summed E-state index contributed by atoms with van der Waals surface area (Å²) in [7, 11) is -3.30. The molecule has 0 spiro atoms. The Labute approximate surface area is 185 Å². The minimum Gasteiger partial charge on any atom is -0.478 e. The van der Waals surface area contributed by atoms with Gasteiger partial charge in [-0.3, -0.25) is 4.98 Å². The predicted octanol–water partition coefficient (Wildman–Crippen LogP) is 4.21. The SMILES string of the molecule is CS(=O)(=O)c1ccc(-c2nn(-c3ccccc3)cc2/C=C/c2cc(C(=O)O)ccn2)cc1. The maximum Gasteiger partial charge on any atom is 0.335 e. The first kappa shape index (κ1) is 21.2. The summed E-state index contributed by atoms with van der Waals surface area (Å²) in [6.07, 6.45) is 7.99. The average Bonchev–Trinajstić information content (AvgIpc) is 3.22. The molecular formula is C24H19N3O4S. The van der Waals surface area contributed by atoms with Crippen molar-refractivity contribution in [2.24, 2.45) is 0 Å². The van der Waals surface area contributed by atoms with Gasteiger partial charge >= 0.3 is 5.97 Å². The fraction of sp³-hybridized carbons (Fsp3) is 0.0417. The molecule has 0 saturated heterocycles. The number of nitrogens with zero attached hydrogens (tertiary/aromatic N) is 3. The molecule has 0 unspecified atom stereocenters. The van der Waals surface area contributed by atoms with Crippen LogP contribution in [0.25, 0.3) is 29.1 Å². The summed E-state index contributed by atoms with van der Waals surface area (Å²) in [6.45, 7) is 0. The van der Waals surface area contributed by atoms with Crippen LogP contribution in [0.2, 0.25) is 0 Å². The second kappa shape index (κ2) is 8.60. The highest BCUT2D eigenvalue weighted by Crippen LogP contribution is 2.26. The summed E-state index contributed by atoms with van der Waals surface area (Å²) in [5.41, 5.74) is 3.68. The second-order valence-corrected chi connectivity index (χ2v) is 9.13. The van der Waals surface area contributed by atoms with Crippen LogP contribution in [-0.2, 0) is 9.84 Å². The maximum absolute atomic E-state index is 11.8. The average molecular weight is 446 g/mol. The summed E-state index contributed by atoms with van der Waals surface area (Å²) >= 11 is 0. The van der Waals surface area contributed by atoms with E-state index in [0.717, 1.165) is 16.8 Å². The Morgan fingerprint density at radius 3 is 2.38 bits per heavy atom. The van der Waals surface area contributed by atoms with E-state index in [1.807, 2.05) is 36.5 Å². The smallest absolute Gasteiger partial charge is 0.335 e. The van der Waals surface area contributed by atoms with Crippen LogP contribution in [-0.4, -0.2) is 40.5 Å². The monoisotopic (exact) mass is 445 g/mol. The van der Waals surface area contributed by atoms with Gasteiger partial charge in [0.25, 0.3) is 0 Å². The number of para-hydroxylation sites is 1. The van der Waals surface area contributed by atoms with Crippen LogP contribution in [0.5, 0.6) is 0 Å². The molecule has 2 aromatic carbocycles. The number of aromatic carboxylic acids is 1. The predicted molar refractivity (Wildman–Crippen MR) is 122 cm³/mol. The van der Waals surface area contributed by atoms with Crippen molar-refractivity contribution in [1.82, 2.24) is 14.8 Å². The Morgan fingerprint density at radius 2 is 1.72 bits per heavy atom. The lowest BCUT2D eigenvalue weighted by Crippen LogP contribution is -1.97. The van der Waals surface area contributed by atoms with Gasteiger partial charge in [-0.25, -0.2) is 17.9 Å². The largest absolute Gasteiger partial charge is 0.478 e. The van der Waals surface area contributed by atoms with E-state index in [1.165, 1.54) is 24.6 Å². The molecule has 4 aromatic rings. The van der Waals surface area contributed by atoms with Gasteiger partial charge in [0.1, 0.15) is 0 Å². The number of sulfone groups is 1. The van der Waals surface area contributed by atoms with Crippen LogP contribution in [0.1, 0.15) is 21.6 Å². The Morgan fingerprint density at radius 1 is 1.00 bits per heavy atom. The molecule has 4 rings (SSSR count). The van der Waals surface area contributed by atoms with Crippen LogP contribution >= 0.6 is 0 Å². The lowest BCUT2D eigenvalue weighted by Gasteiger charge is -2.02. The molecule has 0 amide bonds. The molecule has 0 saturated carbocycles. The molecule has 32 heavy (non-hydrogen) atoms. The molecule has 0 aliphatic heterocycles. The summed E-state index contributed by atoms with van der Waals surface area (Å²) < 4.78 is 25.3. The van der Waals surface area contributed by atoms with Crippen molar-refractivity contribution in [3.8, 4) is 16.9 Å². The third-order valence-electron chi connectivity index (χ3n) is 4.78. The van der Waals surface area contributed by atoms with Crippen molar-refractivity contribution < 1.29 is 18.3 Å². The third-order valence-corrected chi connectivity index (χ3v) is 5.91.